The number of nitrogens with zero attached hydrogens (tertiary/aromatic N) is 3. The van der Waals surface area contributed by atoms with Crippen LogP contribution in [-0.4, -0.2) is 65.5 Å². The number of likely N-dealkylation sites (tertiary alicyclic amines) is 2. The summed E-state index contributed by atoms with van der Waals surface area (Å²) in [6.07, 6.45) is 3.80. The van der Waals surface area contributed by atoms with Gasteiger partial charge in [0.2, 0.25) is 23.5 Å². The lowest BCUT2D eigenvalue weighted by Gasteiger charge is -2.28. The third-order valence-electron chi connectivity index (χ3n) is 7.79. The smallest absolute Gasteiger partial charge is 0.248 e. The number of Topliss-reactive ketones (excluding diaryl/α,β-unsaturated/α-hetero) is 1. The van der Waals surface area contributed by atoms with E-state index in [4.69, 9.17) is 10.2 Å². The summed E-state index contributed by atoms with van der Waals surface area (Å²) < 4.78 is 5.67. The number of hydrogen-bond donors (Lipinski definition) is 3. The molecule has 2 saturated heterocycles. The first-order chi connectivity index (χ1) is 20.7. The number of nitrogens with two attached hydrogens (primary N) is 1. The van der Waals surface area contributed by atoms with Crippen molar-refractivity contribution in [1.29, 1.82) is 5.26 Å². The second-order valence-electron chi connectivity index (χ2n) is 10.9. The molecule has 4 N–H and O–H groups in total. The molecular formula is C32H34N6O5. The topological polar surface area (TPSA) is 162 Å². The van der Waals surface area contributed by atoms with Crippen LogP contribution in [0, 0.1) is 18.3 Å². The number of fused-ring (bicyclic) bond motifs is 1. The molecule has 11 nitrogen and oxygen atoms in total. The Morgan fingerprint density at radius 2 is 1.77 bits per heavy atom. The Kier molecular flexibility index (Phi) is 8.76. The number of nitrogens with one attached hydrogen (secondary N) is 2. The van der Waals surface area contributed by atoms with Gasteiger partial charge in [0.05, 0.1) is 6.54 Å². The number of furan rings is 1. The summed E-state index contributed by atoms with van der Waals surface area (Å²) in [7, 11) is 0. The van der Waals surface area contributed by atoms with E-state index in [1.807, 2.05) is 25.1 Å². The van der Waals surface area contributed by atoms with Crippen molar-refractivity contribution in [3.63, 3.8) is 0 Å². The summed E-state index contributed by atoms with van der Waals surface area (Å²) in [5.41, 5.74) is 6.60. The molecule has 1 atom stereocenters. The fraction of sp³-hybridized carbons (Fsp3) is 0.344. The second kappa shape index (κ2) is 12.8. The van der Waals surface area contributed by atoms with Gasteiger partial charge in [-0.25, -0.2) is 0 Å². The molecule has 0 radical (unpaired) electrons. The number of amides is 3. The zero-order chi connectivity index (χ0) is 30.5. The molecule has 0 spiro atoms. The van der Waals surface area contributed by atoms with E-state index in [9.17, 15) is 24.4 Å². The molecule has 3 amide bonds. The van der Waals surface area contributed by atoms with Gasteiger partial charge in [-0.2, -0.15) is 5.26 Å². The predicted octanol–water partition coefficient (Wildman–Crippen LogP) is 3.46. The summed E-state index contributed by atoms with van der Waals surface area (Å²) in [6, 6.07) is 14.2. The Morgan fingerprint density at radius 3 is 2.51 bits per heavy atom. The number of hydrogen-bond acceptors (Lipinski definition) is 8. The maximum absolute atomic E-state index is 13.7. The summed E-state index contributed by atoms with van der Waals surface area (Å²) in [5.74, 6) is -0.927. The molecule has 3 aromatic rings. The summed E-state index contributed by atoms with van der Waals surface area (Å²) in [5, 5.41) is 17.4. The molecule has 43 heavy (non-hydrogen) atoms. The van der Waals surface area contributed by atoms with Gasteiger partial charge in [-0.1, -0.05) is 12.1 Å². The third kappa shape index (κ3) is 6.70. The highest BCUT2D eigenvalue weighted by atomic mass is 16.3. The zero-order valence-corrected chi connectivity index (χ0v) is 24.0. The summed E-state index contributed by atoms with van der Waals surface area (Å²) in [6.45, 7) is 3.67. The van der Waals surface area contributed by atoms with Crippen molar-refractivity contribution in [3.05, 3.63) is 76.8 Å². The number of ketones is 1. The van der Waals surface area contributed by atoms with E-state index < -0.39 is 17.7 Å². The average Bonchev–Trinajstić information content (AvgIpc) is 3.63. The van der Waals surface area contributed by atoms with Gasteiger partial charge in [0, 0.05) is 41.8 Å². The van der Waals surface area contributed by atoms with Gasteiger partial charge in [-0.3, -0.25) is 19.2 Å². The maximum Gasteiger partial charge on any atom is 0.248 e. The van der Waals surface area contributed by atoms with Crippen LogP contribution in [0.3, 0.4) is 0 Å². The Morgan fingerprint density at radius 1 is 1.02 bits per heavy atom. The number of benzene rings is 2. The molecule has 2 fully saturated rings. The molecular weight excluding hydrogens is 548 g/mol. The monoisotopic (exact) mass is 582 g/mol. The van der Waals surface area contributed by atoms with Crippen molar-refractivity contribution < 1.29 is 23.6 Å². The van der Waals surface area contributed by atoms with Crippen molar-refractivity contribution in [1.82, 2.24) is 15.1 Å². The molecule has 3 heterocycles. The van der Waals surface area contributed by atoms with Crippen LogP contribution >= 0.6 is 0 Å². The lowest BCUT2D eigenvalue weighted by molar-refractivity contribution is -0.140. The Hall–Kier alpha value is -5.11. The normalized spacial score (nSPS) is 17.7. The van der Waals surface area contributed by atoms with Gasteiger partial charge in [0.1, 0.15) is 34.8 Å². The van der Waals surface area contributed by atoms with Crippen LogP contribution < -0.4 is 16.4 Å². The SMILES string of the molecule is Cc1cc2cc(N/C(N[C@H]3CCCCN(CC(=O)N4CCCC4)C3=O)=C(/C#N)C(=O)c3cccc(C(N)=O)c3)ccc2o1. The third-order valence-corrected chi connectivity index (χ3v) is 7.79. The molecule has 0 saturated carbocycles. The highest BCUT2D eigenvalue weighted by Crippen LogP contribution is 2.25. The van der Waals surface area contributed by atoms with Crippen LogP contribution in [0.1, 0.15) is 58.6 Å². The molecule has 2 aliphatic rings. The molecule has 0 aliphatic carbocycles. The molecule has 11 heteroatoms. The second-order valence-corrected chi connectivity index (χ2v) is 10.9. The molecule has 5 rings (SSSR count). The number of nitriles is 1. The highest BCUT2D eigenvalue weighted by molar-refractivity contribution is 6.13. The first kappa shape index (κ1) is 29.4. The summed E-state index contributed by atoms with van der Waals surface area (Å²) >= 11 is 0. The molecule has 1 aromatic heterocycles. The molecule has 222 valence electrons. The Balaban J connectivity index is 1.48. The highest BCUT2D eigenvalue weighted by Gasteiger charge is 2.32. The van der Waals surface area contributed by atoms with Crippen LogP contribution in [0.5, 0.6) is 0 Å². The van der Waals surface area contributed by atoms with E-state index in [1.54, 1.807) is 21.9 Å². The van der Waals surface area contributed by atoms with Crippen LogP contribution in [-0.2, 0) is 9.59 Å². The van der Waals surface area contributed by atoms with Crippen LogP contribution in [0.2, 0.25) is 0 Å². The van der Waals surface area contributed by atoms with Gasteiger partial charge in [0.25, 0.3) is 0 Å². The number of anilines is 1. The molecule has 0 bridgehead atoms. The molecule has 0 unspecified atom stereocenters. The number of aryl methyl sites for hydroxylation is 1. The van der Waals surface area contributed by atoms with Gasteiger partial charge in [-0.05, 0) is 75.4 Å². The quantitative estimate of drug-likeness (QED) is 0.196. The van der Waals surface area contributed by atoms with Crippen molar-refractivity contribution in [3.8, 4) is 6.07 Å². The average molecular weight is 583 g/mol. The predicted molar refractivity (Wildman–Crippen MR) is 160 cm³/mol. The molecule has 2 aliphatic heterocycles. The number of carbonyl (C=O) groups excluding carboxylic acids is 4. The number of primary amides is 1. The van der Waals surface area contributed by atoms with Gasteiger partial charge >= 0.3 is 0 Å². The molecule has 2 aromatic carbocycles. The minimum atomic E-state index is -0.788. The number of carbonyl (C=O) groups is 4. The number of allylic oxidation sites excluding steroid dienone is 1. The van der Waals surface area contributed by atoms with Gasteiger partial charge in [-0.15, -0.1) is 0 Å². The van der Waals surface area contributed by atoms with E-state index in [-0.39, 0.29) is 40.9 Å². The van der Waals surface area contributed by atoms with Gasteiger partial charge in [0.15, 0.2) is 0 Å². The Labute approximate surface area is 249 Å². The van der Waals surface area contributed by atoms with Crippen LogP contribution in [0.25, 0.3) is 11.0 Å². The van der Waals surface area contributed by atoms with E-state index in [0.29, 0.717) is 43.7 Å². The minimum Gasteiger partial charge on any atom is -0.461 e. The van der Waals surface area contributed by atoms with Crippen molar-refractivity contribution >= 4 is 40.2 Å². The van der Waals surface area contributed by atoms with Crippen LogP contribution in [0.15, 0.2) is 64.3 Å². The lowest BCUT2D eigenvalue weighted by Crippen LogP contribution is -2.49. The van der Waals surface area contributed by atoms with E-state index in [0.717, 1.165) is 30.4 Å². The Bertz CT molecular complexity index is 1650. The maximum atomic E-state index is 13.7. The largest absolute Gasteiger partial charge is 0.461 e. The standard InChI is InChI=1S/C32H34N6O5/c1-20-15-23-17-24(10-11-27(23)43-20)35-31(25(18-33)29(40)21-7-6-8-22(16-21)30(34)41)36-26-9-2-3-14-38(32(26)42)19-28(39)37-12-4-5-13-37/h6-8,10-11,15-17,26,35-36H,2-5,9,12-14,19H2,1H3,(H2,34,41)/b31-25+/t26-/m0/s1. The first-order valence-electron chi connectivity index (χ1n) is 14.4. The lowest BCUT2D eigenvalue weighted by atomic mass is 10.0. The fourth-order valence-corrected chi connectivity index (χ4v) is 5.55. The first-order valence-corrected chi connectivity index (χ1v) is 14.4. The van der Waals surface area contributed by atoms with E-state index in [2.05, 4.69) is 10.6 Å². The van der Waals surface area contributed by atoms with Crippen molar-refractivity contribution in [2.75, 3.05) is 31.5 Å². The van der Waals surface area contributed by atoms with E-state index in [1.165, 1.54) is 24.3 Å². The minimum absolute atomic E-state index is 0.00998. The van der Waals surface area contributed by atoms with Gasteiger partial charge < -0.3 is 30.6 Å². The van der Waals surface area contributed by atoms with E-state index >= 15 is 0 Å². The van der Waals surface area contributed by atoms with Crippen molar-refractivity contribution in [2.24, 2.45) is 5.73 Å². The van der Waals surface area contributed by atoms with Crippen LogP contribution in [0.4, 0.5) is 5.69 Å². The van der Waals surface area contributed by atoms with Crippen molar-refractivity contribution in [2.45, 2.75) is 45.1 Å². The zero-order valence-electron chi connectivity index (χ0n) is 24.0. The fourth-order valence-electron chi connectivity index (χ4n) is 5.55. The summed E-state index contributed by atoms with van der Waals surface area (Å²) in [4.78, 5) is 55.4. The number of rotatable bonds is 9.